The number of rotatable bonds is 7. The fourth-order valence-electron chi connectivity index (χ4n) is 1.57. The van der Waals surface area contributed by atoms with E-state index in [0.717, 1.165) is 11.4 Å². The Balaban J connectivity index is 2.43. The van der Waals surface area contributed by atoms with Crippen LogP contribution in [0.4, 0.5) is 4.79 Å². The maximum atomic E-state index is 11.7. The number of thioether (sulfide) groups is 1. The first kappa shape index (κ1) is 16.3. The topological polar surface area (TPSA) is 91.3 Å². The van der Waals surface area contributed by atoms with E-state index >= 15 is 0 Å². The number of nitrogens with zero attached hydrogens (tertiary/aromatic N) is 1. The summed E-state index contributed by atoms with van der Waals surface area (Å²) in [5, 5.41) is 14.1. The maximum absolute atomic E-state index is 11.7. The van der Waals surface area contributed by atoms with Crippen LogP contribution in [-0.4, -0.2) is 40.1 Å². The molecule has 1 aromatic heterocycles. The van der Waals surface area contributed by atoms with E-state index in [1.54, 1.807) is 17.8 Å². The van der Waals surface area contributed by atoms with Crippen molar-refractivity contribution in [1.82, 2.24) is 15.6 Å². The number of carboxylic acids is 1. The Morgan fingerprint density at radius 2 is 2.20 bits per heavy atom. The lowest BCUT2D eigenvalue weighted by Gasteiger charge is -2.14. The number of amides is 2. The molecule has 0 bridgehead atoms. The highest BCUT2D eigenvalue weighted by atomic mass is 32.2. The molecule has 0 fully saturated rings. The van der Waals surface area contributed by atoms with Gasteiger partial charge >= 0.3 is 12.0 Å². The monoisotopic (exact) mass is 297 g/mol. The molecule has 0 saturated heterocycles. The standard InChI is InChI=1S/C13H19N3O3S/c1-9-4-3-5-10(15-9)8-14-13(19)16-11(12(17)18)6-7-20-2/h3-5,11H,6-8H2,1-2H3,(H,17,18)(H2,14,16,19)/t11-/m0/s1. The predicted octanol–water partition coefficient (Wildman–Crippen LogP) is 1.40. The number of aliphatic carboxylic acids is 1. The first-order valence-electron chi connectivity index (χ1n) is 6.21. The second-order valence-electron chi connectivity index (χ2n) is 4.27. The van der Waals surface area contributed by atoms with Crippen LogP contribution >= 0.6 is 11.8 Å². The Kier molecular flexibility index (Phi) is 6.86. The van der Waals surface area contributed by atoms with Crippen molar-refractivity contribution < 1.29 is 14.7 Å². The number of pyridine rings is 1. The van der Waals surface area contributed by atoms with Gasteiger partial charge in [-0.1, -0.05) is 6.07 Å². The highest BCUT2D eigenvalue weighted by Gasteiger charge is 2.18. The third-order valence-electron chi connectivity index (χ3n) is 2.59. The first-order valence-corrected chi connectivity index (χ1v) is 7.61. The summed E-state index contributed by atoms with van der Waals surface area (Å²) in [6.45, 7) is 2.13. The van der Waals surface area contributed by atoms with Crippen LogP contribution in [0.3, 0.4) is 0 Å². The van der Waals surface area contributed by atoms with Crippen LogP contribution in [0.2, 0.25) is 0 Å². The Labute approximate surface area is 122 Å². The van der Waals surface area contributed by atoms with E-state index < -0.39 is 18.0 Å². The lowest BCUT2D eigenvalue weighted by atomic mass is 10.2. The van der Waals surface area contributed by atoms with Gasteiger partial charge < -0.3 is 15.7 Å². The lowest BCUT2D eigenvalue weighted by Crippen LogP contribution is -2.46. The number of aromatic nitrogens is 1. The van der Waals surface area contributed by atoms with Gasteiger partial charge in [0.1, 0.15) is 6.04 Å². The number of carboxylic acid groups (broad SMARTS) is 1. The van der Waals surface area contributed by atoms with Crippen molar-refractivity contribution in [2.45, 2.75) is 25.9 Å². The summed E-state index contributed by atoms with van der Waals surface area (Å²) in [5.74, 6) is -0.348. The number of nitrogens with one attached hydrogen (secondary N) is 2. The van der Waals surface area contributed by atoms with Crippen molar-refractivity contribution in [2.75, 3.05) is 12.0 Å². The molecule has 1 atom stereocenters. The first-order chi connectivity index (χ1) is 9.52. The van der Waals surface area contributed by atoms with Gasteiger partial charge in [-0.3, -0.25) is 4.98 Å². The molecule has 2 amide bonds. The Morgan fingerprint density at radius 1 is 1.45 bits per heavy atom. The van der Waals surface area contributed by atoms with Gasteiger partial charge in [-0.25, -0.2) is 9.59 Å². The van der Waals surface area contributed by atoms with Gasteiger partial charge in [-0.05, 0) is 37.5 Å². The van der Waals surface area contributed by atoms with E-state index in [1.165, 1.54) is 0 Å². The quantitative estimate of drug-likeness (QED) is 0.707. The molecule has 3 N–H and O–H groups in total. The molecule has 0 aliphatic heterocycles. The van der Waals surface area contributed by atoms with Crippen molar-refractivity contribution in [2.24, 2.45) is 0 Å². The summed E-state index contributed by atoms with van der Waals surface area (Å²) in [7, 11) is 0. The largest absolute Gasteiger partial charge is 0.480 e. The summed E-state index contributed by atoms with van der Waals surface area (Å²) in [6, 6.07) is 4.16. The molecule has 20 heavy (non-hydrogen) atoms. The molecule has 0 spiro atoms. The van der Waals surface area contributed by atoms with E-state index in [4.69, 9.17) is 5.11 Å². The van der Waals surface area contributed by atoms with Gasteiger partial charge in [-0.15, -0.1) is 0 Å². The number of carbonyl (C=O) groups excluding carboxylic acids is 1. The van der Waals surface area contributed by atoms with Crippen molar-refractivity contribution >= 4 is 23.8 Å². The highest BCUT2D eigenvalue weighted by molar-refractivity contribution is 7.98. The normalized spacial score (nSPS) is 11.7. The molecule has 1 aromatic rings. The van der Waals surface area contributed by atoms with E-state index in [2.05, 4.69) is 15.6 Å². The van der Waals surface area contributed by atoms with Crippen LogP contribution in [0.25, 0.3) is 0 Å². The van der Waals surface area contributed by atoms with E-state index in [0.29, 0.717) is 12.2 Å². The van der Waals surface area contributed by atoms with Gasteiger partial charge in [0.15, 0.2) is 0 Å². The van der Waals surface area contributed by atoms with Gasteiger partial charge in [0.05, 0.1) is 12.2 Å². The van der Waals surface area contributed by atoms with Crippen LogP contribution < -0.4 is 10.6 Å². The highest BCUT2D eigenvalue weighted by Crippen LogP contribution is 2.01. The molecule has 0 aromatic carbocycles. The second-order valence-corrected chi connectivity index (χ2v) is 5.26. The molecule has 1 rings (SSSR count). The molecular weight excluding hydrogens is 278 g/mol. The predicted molar refractivity (Wildman–Crippen MR) is 78.8 cm³/mol. The third kappa shape index (κ3) is 5.92. The number of hydrogen-bond donors (Lipinski definition) is 3. The zero-order valence-corrected chi connectivity index (χ0v) is 12.4. The van der Waals surface area contributed by atoms with Gasteiger partial charge in [-0.2, -0.15) is 11.8 Å². The summed E-state index contributed by atoms with van der Waals surface area (Å²) in [5.41, 5.74) is 1.60. The number of aryl methyl sites for hydroxylation is 1. The molecule has 0 aliphatic carbocycles. The van der Waals surface area contributed by atoms with Crippen molar-refractivity contribution in [1.29, 1.82) is 0 Å². The van der Waals surface area contributed by atoms with Gasteiger partial charge in [0, 0.05) is 5.69 Å². The van der Waals surface area contributed by atoms with Gasteiger partial charge in [0.25, 0.3) is 0 Å². The van der Waals surface area contributed by atoms with Crippen molar-refractivity contribution in [3.63, 3.8) is 0 Å². The van der Waals surface area contributed by atoms with Crippen LogP contribution in [0.15, 0.2) is 18.2 Å². The molecule has 7 heteroatoms. The molecule has 0 aliphatic rings. The molecule has 110 valence electrons. The van der Waals surface area contributed by atoms with Crippen LogP contribution in [-0.2, 0) is 11.3 Å². The zero-order valence-electron chi connectivity index (χ0n) is 11.5. The summed E-state index contributed by atoms with van der Waals surface area (Å²) < 4.78 is 0. The molecule has 0 unspecified atom stereocenters. The van der Waals surface area contributed by atoms with E-state index in [9.17, 15) is 9.59 Å². The fourth-order valence-corrected chi connectivity index (χ4v) is 2.04. The van der Waals surface area contributed by atoms with Crippen molar-refractivity contribution in [3.05, 3.63) is 29.6 Å². The number of carbonyl (C=O) groups is 2. The van der Waals surface area contributed by atoms with E-state index in [1.807, 2.05) is 25.3 Å². The SMILES string of the molecule is CSCC[C@H](NC(=O)NCc1cccc(C)n1)C(=O)O. The molecule has 0 radical (unpaired) electrons. The molecule has 0 saturated carbocycles. The second kappa shape index (κ2) is 8.42. The Bertz CT molecular complexity index is 468. The van der Waals surface area contributed by atoms with Crippen LogP contribution in [0.1, 0.15) is 17.8 Å². The van der Waals surface area contributed by atoms with Crippen LogP contribution in [0, 0.1) is 6.92 Å². The maximum Gasteiger partial charge on any atom is 0.326 e. The molecule has 1 heterocycles. The van der Waals surface area contributed by atoms with Crippen molar-refractivity contribution in [3.8, 4) is 0 Å². The summed E-state index contributed by atoms with van der Waals surface area (Å²) in [6.07, 6.45) is 2.29. The minimum absolute atomic E-state index is 0.266. The minimum Gasteiger partial charge on any atom is -0.480 e. The number of urea groups is 1. The zero-order chi connectivity index (χ0) is 15.0. The molecule has 6 nitrogen and oxygen atoms in total. The Morgan fingerprint density at radius 3 is 2.80 bits per heavy atom. The summed E-state index contributed by atoms with van der Waals surface area (Å²) in [4.78, 5) is 26.9. The Hall–Kier alpha value is -1.76. The number of hydrogen-bond acceptors (Lipinski definition) is 4. The van der Waals surface area contributed by atoms with E-state index in [-0.39, 0.29) is 6.54 Å². The molecular formula is C13H19N3O3S. The summed E-state index contributed by atoms with van der Waals surface area (Å²) >= 11 is 1.54. The van der Waals surface area contributed by atoms with Crippen LogP contribution in [0.5, 0.6) is 0 Å². The minimum atomic E-state index is -1.03. The average molecular weight is 297 g/mol. The van der Waals surface area contributed by atoms with Gasteiger partial charge in [0.2, 0.25) is 0 Å². The third-order valence-corrected chi connectivity index (χ3v) is 3.23. The lowest BCUT2D eigenvalue weighted by molar-refractivity contribution is -0.139. The smallest absolute Gasteiger partial charge is 0.326 e. The fraction of sp³-hybridized carbons (Fsp3) is 0.462. The average Bonchev–Trinajstić information content (AvgIpc) is 2.41.